The molecule has 1 aromatic heterocycles. The Bertz CT molecular complexity index is 973. The molecule has 0 bridgehead atoms. The van der Waals surface area contributed by atoms with Crippen molar-refractivity contribution in [2.75, 3.05) is 13.6 Å². The number of nitrogens with zero attached hydrogens (tertiary/aromatic N) is 4. The van der Waals surface area contributed by atoms with E-state index in [9.17, 15) is 0 Å². The highest BCUT2D eigenvalue weighted by Gasteiger charge is 2.12. The Morgan fingerprint density at radius 2 is 1.96 bits per heavy atom. The molecule has 2 aromatic carbocycles. The molecule has 0 N–H and O–H groups in total. The van der Waals surface area contributed by atoms with Crippen LogP contribution < -0.4 is 4.74 Å². The Labute approximate surface area is 178 Å². The van der Waals surface area contributed by atoms with Gasteiger partial charge in [-0.3, -0.25) is 0 Å². The lowest BCUT2D eigenvalue weighted by Crippen LogP contribution is -2.14. The highest BCUT2D eigenvalue weighted by Crippen LogP contribution is 2.35. The third-order valence-electron chi connectivity index (χ3n) is 4.07. The number of aryl methyl sites for hydroxylation is 1. The zero-order valence-electron chi connectivity index (χ0n) is 15.8. The van der Waals surface area contributed by atoms with E-state index >= 15 is 0 Å². The van der Waals surface area contributed by atoms with E-state index in [0.29, 0.717) is 33.2 Å². The van der Waals surface area contributed by atoms with Gasteiger partial charge in [-0.05, 0) is 49.2 Å². The van der Waals surface area contributed by atoms with Crippen LogP contribution in [0.4, 0.5) is 5.69 Å². The number of hydrogen-bond acceptors (Lipinski definition) is 5. The van der Waals surface area contributed by atoms with E-state index in [1.54, 1.807) is 12.4 Å². The number of hydrogen-bond donors (Lipinski definition) is 0. The molecule has 0 unspecified atom stereocenters. The second-order valence-electron chi connectivity index (χ2n) is 6.27. The van der Waals surface area contributed by atoms with Gasteiger partial charge in [-0.1, -0.05) is 35.3 Å². The SMILES string of the molecule is CCN(C)/C=N\c1cc(Cl)c(Oc2nc(Cc3ccc(Cl)cc3)ns2)cc1C. The summed E-state index contributed by atoms with van der Waals surface area (Å²) in [5, 5.41) is 1.64. The van der Waals surface area contributed by atoms with E-state index in [-0.39, 0.29) is 0 Å². The maximum atomic E-state index is 6.38. The van der Waals surface area contributed by atoms with Crippen LogP contribution in [0.5, 0.6) is 10.9 Å². The lowest BCUT2D eigenvalue weighted by molar-refractivity contribution is 0.477. The van der Waals surface area contributed by atoms with E-state index in [4.69, 9.17) is 27.9 Å². The molecule has 0 aliphatic carbocycles. The first-order valence-corrected chi connectivity index (χ1v) is 10.3. The van der Waals surface area contributed by atoms with Crippen molar-refractivity contribution in [1.82, 2.24) is 14.3 Å². The molecule has 0 saturated carbocycles. The van der Waals surface area contributed by atoms with Crippen LogP contribution >= 0.6 is 34.7 Å². The topological polar surface area (TPSA) is 50.6 Å². The van der Waals surface area contributed by atoms with Gasteiger partial charge in [0.25, 0.3) is 5.19 Å². The minimum atomic E-state index is 0.451. The van der Waals surface area contributed by atoms with Crippen molar-refractivity contribution in [2.45, 2.75) is 20.3 Å². The average Bonchev–Trinajstić information content (AvgIpc) is 3.11. The van der Waals surface area contributed by atoms with E-state index in [0.717, 1.165) is 23.4 Å². The third kappa shape index (κ3) is 5.44. The first-order chi connectivity index (χ1) is 13.4. The molecule has 5 nitrogen and oxygen atoms in total. The quantitative estimate of drug-likeness (QED) is 0.330. The summed E-state index contributed by atoms with van der Waals surface area (Å²) >= 11 is 13.5. The van der Waals surface area contributed by atoms with Gasteiger partial charge in [-0.2, -0.15) is 9.36 Å². The molecule has 3 rings (SSSR count). The van der Waals surface area contributed by atoms with E-state index in [1.807, 2.05) is 49.2 Å². The molecule has 146 valence electrons. The van der Waals surface area contributed by atoms with Crippen LogP contribution in [0, 0.1) is 6.92 Å². The summed E-state index contributed by atoms with van der Waals surface area (Å²) in [6.45, 7) is 4.91. The largest absolute Gasteiger partial charge is 0.428 e. The van der Waals surface area contributed by atoms with E-state index in [1.165, 1.54) is 11.5 Å². The summed E-state index contributed by atoms with van der Waals surface area (Å²) in [4.78, 5) is 10.9. The standard InChI is InChI=1S/C20H20Cl2N4OS/c1-4-26(3)12-23-17-11-16(22)18(9-13(17)2)27-20-24-19(25-28-20)10-14-5-7-15(21)8-6-14/h5-9,11-12H,4,10H2,1-3H3/b23-12-. The predicted octanol–water partition coefficient (Wildman–Crippen LogP) is 6.15. The molecule has 0 atom stereocenters. The van der Waals surface area contributed by atoms with Gasteiger partial charge < -0.3 is 9.64 Å². The summed E-state index contributed by atoms with van der Waals surface area (Å²) in [7, 11) is 1.97. The fraction of sp³-hybridized carbons (Fsp3) is 0.250. The van der Waals surface area contributed by atoms with Crippen LogP contribution in [0.1, 0.15) is 23.9 Å². The predicted molar refractivity (Wildman–Crippen MR) is 117 cm³/mol. The van der Waals surface area contributed by atoms with Gasteiger partial charge >= 0.3 is 0 Å². The summed E-state index contributed by atoms with van der Waals surface area (Å²) in [5.41, 5.74) is 2.85. The van der Waals surface area contributed by atoms with Crippen LogP contribution in [0.2, 0.25) is 10.0 Å². The van der Waals surface area contributed by atoms with Gasteiger partial charge in [0.15, 0.2) is 5.82 Å². The lowest BCUT2D eigenvalue weighted by atomic mass is 10.1. The zero-order valence-corrected chi connectivity index (χ0v) is 18.1. The molecule has 0 amide bonds. The first kappa shape index (κ1) is 20.6. The van der Waals surface area contributed by atoms with Crippen molar-refractivity contribution in [1.29, 1.82) is 0 Å². The Hall–Kier alpha value is -2.15. The maximum Gasteiger partial charge on any atom is 0.298 e. The summed E-state index contributed by atoms with van der Waals surface area (Å²) < 4.78 is 10.2. The van der Waals surface area contributed by atoms with Crippen molar-refractivity contribution in [3.8, 4) is 10.9 Å². The van der Waals surface area contributed by atoms with Crippen LogP contribution in [0.3, 0.4) is 0 Å². The Morgan fingerprint density at radius 1 is 1.21 bits per heavy atom. The van der Waals surface area contributed by atoms with Gasteiger partial charge in [0.2, 0.25) is 0 Å². The average molecular weight is 435 g/mol. The molecule has 1 heterocycles. The number of benzene rings is 2. The number of ether oxygens (including phenoxy) is 1. The summed E-state index contributed by atoms with van der Waals surface area (Å²) in [6, 6.07) is 11.3. The highest BCUT2D eigenvalue weighted by molar-refractivity contribution is 7.07. The van der Waals surface area contributed by atoms with Gasteiger partial charge in [0, 0.05) is 36.6 Å². The molecular weight excluding hydrogens is 415 g/mol. The Morgan fingerprint density at radius 3 is 2.68 bits per heavy atom. The molecular formula is C20H20Cl2N4OS. The first-order valence-electron chi connectivity index (χ1n) is 8.74. The molecule has 0 radical (unpaired) electrons. The second kappa shape index (κ2) is 9.37. The molecule has 3 aromatic rings. The molecule has 28 heavy (non-hydrogen) atoms. The fourth-order valence-electron chi connectivity index (χ4n) is 2.33. The summed E-state index contributed by atoms with van der Waals surface area (Å²) in [5.74, 6) is 1.23. The summed E-state index contributed by atoms with van der Waals surface area (Å²) in [6.07, 6.45) is 2.40. The van der Waals surface area contributed by atoms with Gasteiger partial charge in [0.1, 0.15) is 5.75 Å². The lowest BCUT2D eigenvalue weighted by Gasteiger charge is -2.10. The van der Waals surface area contributed by atoms with Crippen LogP contribution in [0.25, 0.3) is 0 Å². The van der Waals surface area contributed by atoms with Gasteiger partial charge in [0.05, 0.1) is 17.0 Å². The zero-order chi connectivity index (χ0) is 20.1. The van der Waals surface area contributed by atoms with Crippen LogP contribution in [-0.4, -0.2) is 34.2 Å². The van der Waals surface area contributed by atoms with Crippen molar-refractivity contribution < 1.29 is 4.74 Å². The second-order valence-corrected chi connectivity index (χ2v) is 7.83. The third-order valence-corrected chi connectivity index (χ3v) is 5.25. The molecule has 0 aliphatic heterocycles. The Kier molecular flexibility index (Phi) is 6.88. The van der Waals surface area contributed by atoms with E-state index < -0.39 is 0 Å². The number of halogens is 2. The number of rotatable bonds is 7. The van der Waals surface area contributed by atoms with Crippen LogP contribution in [-0.2, 0) is 6.42 Å². The smallest absolute Gasteiger partial charge is 0.298 e. The molecule has 0 saturated heterocycles. The van der Waals surface area contributed by atoms with Crippen molar-refractivity contribution >= 4 is 46.8 Å². The normalized spacial score (nSPS) is 11.2. The molecule has 8 heteroatoms. The van der Waals surface area contributed by atoms with Gasteiger partial charge in [-0.15, -0.1) is 0 Å². The van der Waals surface area contributed by atoms with Crippen molar-refractivity contribution in [2.24, 2.45) is 4.99 Å². The van der Waals surface area contributed by atoms with Crippen molar-refractivity contribution in [3.05, 3.63) is 63.4 Å². The molecule has 0 aliphatic rings. The monoisotopic (exact) mass is 434 g/mol. The van der Waals surface area contributed by atoms with Gasteiger partial charge in [-0.25, -0.2) is 4.99 Å². The number of aromatic nitrogens is 2. The maximum absolute atomic E-state index is 6.38. The highest BCUT2D eigenvalue weighted by atomic mass is 35.5. The minimum Gasteiger partial charge on any atom is -0.428 e. The Balaban J connectivity index is 1.71. The number of aliphatic imine (C=N–C) groups is 1. The molecule has 0 fully saturated rings. The van der Waals surface area contributed by atoms with E-state index in [2.05, 4.69) is 21.3 Å². The van der Waals surface area contributed by atoms with Crippen LogP contribution in [0.15, 0.2) is 41.4 Å². The van der Waals surface area contributed by atoms with Crippen molar-refractivity contribution in [3.63, 3.8) is 0 Å². The minimum absolute atomic E-state index is 0.451. The molecule has 0 spiro atoms. The fourth-order valence-corrected chi connectivity index (χ4v) is 3.22.